The van der Waals surface area contributed by atoms with Gasteiger partial charge >= 0.3 is 5.69 Å². The molecule has 2 aromatic rings. The number of hydrogen-bond acceptors (Lipinski definition) is 5. The molecule has 126 valence electrons. The number of hydrogen-bond donors (Lipinski definition) is 1. The van der Waals surface area contributed by atoms with E-state index < -0.39 is 21.5 Å². The fourth-order valence-corrected chi connectivity index (χ4v) is 2.70. The Labute approximate surface area is 136 Å². The maximum Gasteiger partial charge on any atom is 0.368 e. The molecule has 0 aliphatic carbocycles. The smallest absolute Gasteiger partial charge is 0.282 e. The van der Waals surface area contributed by atoms with Crippen molar-refractivity contribution in [2.45, 2.75) is 26.8 Å². The van der Waals surface area contributed by atoms with Crippen molar-refractivity contribution in [1.82, 2.24) is 19.8 Å². The Kier molecular flexibility index (Phi) is 5.05. The van der Waals surface area contributed by atoms with E-state index in [0.29, 0.717) is 13.0 Å². The van der Waals surface area contributed by atoms with Crippen LogP contribution in [-0.4, -0.2) is 34.0 Å². The van der Waals surface area contributed by atoms with Gasteiger partial charge in [0.25, 0.3) is 0 Å². The van der Waals surface area contributed by atoms with Gasteiger partial charge in [0.15, 0.2) is 5.82 Å². The predicted molar refractivity (Wildman–Crippen MR) is 84.0 cm³/mol. The van der Waals surface area contributed by atoms with Gasteiger partial charge in [0, 0.05) is 6.54 Å². The molecule has 1 aromatic carbocycles. The molecule has 23 heavy (non-hydrogen) atoms. The van der Waals surface area contributed by atoms with Gasteiger partial charge in [-0.05, 0) is 35.9 Å². The largest absolute Gasteiger partial charge is 0.368 e. The van der Waals surface area contributed by atoms with Gasteiger partial charge in [-0.2, -0.15) is 9.36 Å². The summed E-state index contributed by atoms with van der Waals surface area (Å²) in [6.07, 6.45) is 0.656. The zero-order chi connectivity index (χ0) is 17.2. The van der Waals surface area contributed by atoms with E-state index in [1.54, 1.807) is 0 Å². The van der Waals surface area contributed by atoms with E-state index >= 15 is 0 Å². The normalized spacial score (nSPS) is 11.7. The number of halogens is 2. The van der Waals surface area contributed by atoms with Crippen LogP contribution in [0.4, 0.5) is 10.1 Å². The lowest BCUT2D eigenvalue weighted by Crippen LogP contribution is -2.25. The lowest BCUT2D eigenvalue weighted by atomic mass is 10.2. The standard InChI is InChI=1S/C12H15ClFN5O3S/c1-3-5-18-12(20)19(17-16-18)11-7-10(8(13)6-9(11)14)15-23(21,22)4-2/h6-7,15H,3-5H2,1-2H3. The Morgan fingerprint density at radius 3 is 2.61 bits per heavy atom. The summed E-state index contributed by atoms with van der Waals surface area (Å²) in [4.78, 5) is 12.1. The van der Waals surface area contributed by atoms with E-state index in [9.17, 15) is 17.6 Å². The zero-order valence-corrected chi connectivity index (χ0v) is 14.0. The number of benzene rings is 1. The van der Waals surface area contributed by atoms with Crippen LogP contribution in [0, 0.1) is 5.82 Å². The number of tetrazole rings is 1. The fraction of sp³-hybridized carbons (Fsp3) is 0.417. The predicted octanol–water partition coefficient (Wildman–Crippen LogP) is 1.39. The van der Waals surface area contributed by atoms with Crippen molar-refractivity contribution >= 4 is 27.3 Å². The van der Waals surface area contributed by atoms with Gasteiger partial charge in [0.2, 0.25) is 10.0 Å². The summed E-state index contributed by atoms with van der Waals surface area (Å²) in [6.45, 7) is 3.64. The number of nitrogens with one attached hydrogen (secondary N) is 1. The molecule has 0 unspecified atom stereocenters. The summed E-state index contributed by atoms with van der Waals surface area (Å²) in [6, 6.07) is 2.02. The van der Waals surface area contributed by atoms with Crippen LogP contribution in [-0.2, 0) is 16.6 Å². The van der Waals surface area contributed by atoms with E-state index in [1.165, 1.54) is 6.92 Å². The lowest BCUT2D eigenvalue weighted by molar-refractivity contribution is 0.564. The second-order valence-electron chi connectivity index (χ2n) is 4.69. The van der Waals surface area contributed by atoms with Gasteiger partial charge in [-0.25, -0.2) is 17.6 Å². The molecule has 11 heteroatoms. The number of anilines is 1. The number of sulfonamides is 1. The third-order valence-corrected chi connectivity index (χ3v) is 4.59. The van der Waals surface area contributed by atoms with Crippen molar-refractivity contribution < 1.29 is 12.8 Å². The van der Waals surface area contributed by atoms with E-state index in [-0.39, 0.29) is 22.2 Å². The van der Waals surface area contributed by atoms with Gasteiger partial charge in [0.05, 0.1) is 16.5 Å². The molecule has 0 bridgehead atoms. The number of aryl methyl sites for hydroxylation is 1. The molecule has 2 rings (SSSR count). The molecule has 0 radical (unpaired) electrons. The van der Waals surface area contributed by atoms with Gasteiger partial charge < -0.3 is 0 Å². The molecule has 0 aliphatic heterocycles. The third kappa shape index (κ3) is 3.70. The average molecular weight is 364 g/mol. The SMILES string of the molecule is CCCn1nnn(-c2cc(NS(=O)(=O)CC)c(Cl)cc2F)c1=O. The monoisotopic (exact) mass is 363 g/mol. The molecule has 1 N–H and O–H groups in total. The van der Waals surface area contributed by atoms with Crippen molar-refractivity contribution in [1.29, 1.82) is 0 Å². The zero-order valence-electron chi connectivity index (χ0n) is 12.5. The van der Waals surface area contributed by atoms with Crippen LogP contribution in [0.2, 0.25) is 5.02 Å². The molecule has 0 saturated heterocycles. The topological polar surface area (TPSA) is 98.9 Å². The quantitative estimate of drug-likeness (QED) is 0.836. The summed E-state index contributed by atoms with van der Waals surface area (Å²) in [7, 11) is -3.61. The van der Waals surface area contributed by atoms with Gasteiger partial charge in [0.1, 0.15) is 5.69 Å². The molecule has 8 nitrogen and oxygen atoms in total. The highest BCUT2D eigenvalue weighted by molar-refractivity contribution is 7.92. The van der Waals surface area contributed by atoms with E-state index in [1.807, 2.05) is 6.92 Å². The van der Waals surface area contributed by atoms with E-state index in [2.05, 4.69) is 15.1 Å². The number of nitrogens with zero attached hydrogens (tertiary/aromatic N) is 4. The van der Waals surface area contributed by atoms with Crippen LogP contribution in [0.5, 0.6) is 0 Å². The molecule has 0 amide bonds. The van der Waals surface area contributed by atoms with Gasteiger partial charge in [-0.1, -0.05) is 18.5 Å². The maximum absolute atomic E-state index is 14.1. The first kappa shape index (κ1) is 17.4. The molecule has 0 fully saturated rings. The molecular formula is C12H15ClFN5O3S. The van der Waals surface area contributed by atoms with Crippen molar-refractivity contribution in [2.75, 3.05) is 10.5 Å². The van der Waals surface area contributed by atoms with Crippen LogP contribution in [0.25, 0.3) is 5.69 Å². The summed E-state index contributed by atoms with van der Waals surface area (Å²) in [5.41, 5.74) is -0.908. The minimum absolute atomic E-state index is 0.0399. The van der Waals surface area contributed by atoms with Crippen LogP contribution >= 0.6 is 11.6 Å². The fourth-order valence-electron chi connectivity index (χ4n) is 1.80. The van der Waals surface area contributed by atoms with Gasteiger partial charge in [-0.15, -0.1) is 0 Å². The highest BCUT2D eigenvalue weighted by Crippen LogP contribution is 2.27. The number of rotatable bonds is 6. The van der Waals surface area contributed by atoms with Crippen molar-refractivity contribution in [3.63, 3.8) is 0 Å². The first-order chi connectivity index (χ1) is 10.8. The van der Waals surface area contributed by atoms with Crippen LogP contribution in [0.3, 0.4) is 0 Å². The summed E-state index contributed by atoms with van der Waals surface area (Å²) < 4.78 is 41.5. The lowest BCUT2D eigenvalue weighted by Gasteiger charge is -2.10. The molecule has 0 spiro atoms. The third-order valence-electron chi connectivity index (χ3n) is 2.99. The van der Waals surface area contributed by atoms with Crippen molar-refractivity contribution in [3.8, 4) is 5.69 Å². The summed E-state index contributed by atoms with van der Waals surface area (Å²) in [5.74, 6) is -0.997. The number of aromatic nitrogens is 4. The minimum atomic E-state index is -3.61. The van der Waals surface area contributed by atoms with E-state index in [0.717, 1.165) is 21.5 Å². The first-order valence-corrected chi connectivity index (χ1v) is 8.84. The highest BCUT2D eigenvalue weighted by Gasteiger charge is 2.18. The first-order valence-electron chi connectivity index (χ1n) is 6.81. The molecule has 1 heterocycles. The molecule has 0 aliphatic rings. The van der Waals surface area contributed by atoms with Crippen molar-refractivity contribution in [2.24, 2.45) is 0 Å². The Morgan fingerprint density at radius 2 is 2.00 bits per heavy atom. The second kappa shape index (κ2) is 6.67. The Morgan fingerprint density at radius 1 is 1.30 bits per heavy atom. The Balaban J connectivity index is 2.54. The summed E-state index contributed by atoms with van der Waals surface area (Å²) in [5, 5.41) is 7.13. The Hall–Kier alpha value is -1.94. The molecular weight excluding hydrogens is 349 g/mol. The summed E-state index contributed by atoms with van der Waals surface area (Å²) >= 11 is 5.85. The van der Waals surface area contributed by atoms with Gasteiger partial charge in [-0.3, -0.25) is 4.72 Å². The average Bonchev–Trinajstić information content (AvgIpc) is 2.84. The molecule has 0 saturated carbocycles. The second-order valence-corrected chi connectivity index (χ2v) is 7.10. The van der Waals surface area contributed by atoms with E-state index in [4.69, 9.17) is 11.6 Å². The maximum atomic E-state index is 14.1. The minimum Gasteiger partial charge on any atom is -0.282 e. The highest BCUT2D eigenvalue weighted by atomic mass is 35.5. The van der Waals surface area contributed by atoms with Crippen LogP contribution in [0.15, 0.2) is 16.9 Å². The molecule has 0 atom stereocenters. The van der Waals surface area contributed by atoms with Crippen molar-refractivity contribution in [3.05, 3.63) is 33.5 Å². The Bertz CT molecular complexity index is 877. The van der Waals surface area contributed by atoms with Crippen LogP contribution < -0.4 is 10.4 Å². The molecule has 1 aromatic heterocycles. The van der Waals surface area contributed by atoms with Crippen LogP contribution in [0.1, 0.15) is 20.3 Å².